The molecule has 10 heteroatoms. The standard InChI is InChI=1S/C27H24F2N4O2S2/c1-27(2)13-15(14-31-7-9-32(10-8-31)20-6-4-3-5-19(20)29)17-11-16(28)12-18-21(25(35)33(27)22(17)18)23-24(34)30-26(36)37-23/h3-6,11-13H,7-10,14H2,1-2H3,(H,30,34,36)/b23-21-. The van der Waals surface area contributed by atoms with Crippen molar-refractivity contribution in [1.82, 2.24) is 10.2 Å². The van der Waals surface area contributed by atoms with Crippen molar-refractivity contribution in [1.29, 1.82) is 0 Å². The highest BCUT2D eigenvalue weighted by molar-refractivity contribution is 8.27. The van der Waals surface area contributed by atoms with E-state index in [-0.39, 0.29) is 26.5 Å². The Morgan fingerprint density at radius 1 is 1.05 bits per heavy atom. The third-order valence-electron chi connectivity index (χ3n) is 7.24. The second-order valence-corrected chi connectivity index (χ2v) is 11.8. The molecule has 1 N–H and O–H groups in total. The van der Waals surface area contributed by atoms with Crippen molar-refractivity contribution in [2.75, 3.05) is 42.5 Å². The zero-order chi connectivity index (χ0) is 26.1. The van der Waals surface area contributed by atoms with Crippen molar-refractivity contribution in [3.63, 3.8) is 0 Å². The fourth-order valence-corrected chi connectivity index (χ4v) is 6.76. The monoisotopic (exact) mass is 538 g/mol. The average Bonchev–Trinajstić information content (AvgIpc) is 3.32. The lowest BCUT2D eigenvalue weighted by molar-refractivity contribution is -0.116. The Morgan fingerprint density at radius 3 is 2.43 bits per heavy atom. The van der Waals surface area contributed by atoms with Crippen LogP contribution in [0.4, 0.5) is 20.2 Å². The number of thiocarbonyl (C=S) groups is 1. The number of rotatable bonds is 3. The number of nitrogens with zero attached hydrogens (tertiary/aromatic N) is 3. The molecule has 190 valence electrons. The maximum absolute atomic E-state index is 15.0. The molecule has 0 unspecified atom stereocenters. The summed E-state index contributed by atoms with van der Waals surface area (Å²) in [6.45, 7) is 7.23. The second-order valence-electron chi connectivity index (χ2n) is 10.1. The molecule has 0 radical (unpaired) electrons. The minimum absolute atomic E-state index is 0.194. The molecule has 2 amide bonds. The zero-order valence-electron chi connectivity index (χ0n) is 20.3. The predicted octanol–water partition coefficient (Wildman–Crippen LogP) is 4.17. The fourth-order valence-electron chi connectivity index (χ4n) is 5.65. The number of hydrogen-bond acceptors (Lipinski definition) is 6. The number of benzene rings is 2. The summed E-state index contributed by atoms with van der Waals surface area (Å²) in [6.07, 6.45) is 2.01. The van der Waals surface area contributed by atoms with Gasteiger partial charge < -0.3 is 10.2 Å². The van der Waals surface area contributed by atoms with Crippen molar-refractivity contribution < 1.29 is 18.4 Å². The second kappa shape index (κ2) is 8.75. The third-order valence-corrected chi connectivity index (χ3v) is 8.47. The maximum Gasteiger partial charge on any atom is 0.264 e. The van der Waals surface area contributed by atoms with Gasteiger partial charge in [-0.05, 0) is 43.7 Å². The van der Waals surface area contributed by atoms with Crippen molar-refractivity contribution in [3.8, 4) is 0 Å². The number of piperazine rings is 1. The first-order valence-corrected chi connectivity index (χ1v) is 13.3. The highest BCUT2D eigenvalue weighted by Gasteiger charge is 2.48. The van der Waals surface area contributed by atoms with Gasteiger partial charge in [-0.3, -0.25) is 19.4 Å². The molecule has 6 rings (SSSR count). The van der Waals surface area contributed by atoms with Gasteiger partial charge >= 0.3 is 0 Å². The minimum Gasteiger partial charge on any atom is -0.367 e. The molecule has 2 fully saturated rings. The molecule has 37 heavy (non-hydrogen) atoms. The summed E-state index contributed by atoms with van der Waals surface area (Å²) in [4.78, 5) is 32.4. The number of thioether (sulfide) groups is 1. The largest absolute Gasteiger partial charge is 0.367 e. The molecule has 0 aromatic heterocycles. The summed E-state index contributed by atoms with van der Waals surface area (Å²) < 4.78 is 29.5. The lowest BCUT2D eigenvalue weighted by atomic mass is 9.87. The number of halogens is 2. The predicted molar refractivity (Wildman–Crippen MR) is 146 cm³/mol. The van der Waals surface area contributed by atoms with Gasteiger partial charge in [-0.1, -0.05) is 42.2 Å². The molecule has 6 nitrogen and oxygen atoms in total. The van der Waals surface area contributed by atoms with Crippen LogP contribution in [0.2, 0.25) is 0 Å². The van der Waals surface area contributed by atoms with Gasteiger partial charge in [0.1, 0.15) is 16.0 Å². The number of carbonyl (C=O) groups is 2. The highest BCUT2D eigenvalue weighted by atomic mass is 32.2. The normalized spacial score (nSPS) is 22.9. The average molecular weight is 539 g/mol. The Kier molecular flexibility index (Phi) is 5.74. The number of hydrogen-bond donors (Lipinski definition) is 1. The summed E-state index contributed by atoms with van der Waals surface area (Å²) in [5, 5.41) is 2.56. The number of amides is 2. The van der Waals surface area contributed by atoms with Crippen LogP contribution in [0.3, 0.4) is 0 Å². The molecule has 0 atom stereocenters. The highest BCUT2D eigenvalue weighted by Crippen LogP contribution is 2.51. The Bertz CT molecular complexity index is 1440. The van der Waals surface area contributed by atoms with Crippen LogP contribution in [0, 0.1) is 11.6 Å². The summed E-state index contributed by atoms with van der Waals surface area (Å²) >= 11 is 6.16. The van der Waals surface area contributed by atoms with Gasteiger partial charge in [0.15, 0.2) is 0 Å². The van der Waals surface area contributed by atoms with E-state index in [0.717, 1.165) is 30.4 Å². The maximum atomic E-state index is 15.0. The number of nitrogens with one attached hydrogen (secondary N) is 1. The third kappa shape index (κ3) is 3.98. The van der Waals surface area contributed by atoms with E-state index >= 15 is 0 Å². The van der Waals surface area contributed by atoms with E-state index in [9.17, 15) is 18.4 Å². The Hall–Kier alpha value is -3.08. The van der Waals surface area contributed by atoms with E-state index in [4.69, 9.17) is 12.2 Å². The molecule has 4 heterocycles. The van der Waals surface area contributed by atoms with Crippen LogP contribution in [0.1, 0.15) is 25.0 Å². The molecule has 4 aliphatic heterocycles. The Labute approximate surface area is 223 Å². The summed E-state index contributed by atoms with van der Waals surface area (Å²) in [7, 11) is 0. The van der Waals surface area contributed by atoms with Crippen LogP contribution in [-0.2, 0) is 9.59 Å². The number of carbonyl (C=O) groups excluding carboxylic acids is 2. The van der Waals surface area contributed by atoms with E-state index in [2.05, 4.69) is 10.2 Å². The molecule has 2 saturated heterocycles. The minimum atomic E-state index is -0.691. The van der Waals surface area contributed by atoms with Crippen molar-refractivity contribution in [2.24, 2.45) is 0 Å². The van der Waals surface area contributed by atoms with Gasteiger partial charge in [0.2, 0.25) is 0 Å². The first-order chi connectivity index (χ1) is 17.6. The van der Waals surface area contributed by atoms with Gasteiger partial charge in [0, 0.05) is 43.9 Å². The quantitative estimate of drug-likeness (QED) is 0.468. The van der Waals surface area contributed by atoms with Crippen LogP contribution < -0.4 is 15.1 Å². The van der Waals surface area contributed by atoms with E-state index in [0.29, 0.717) is 42.1 Å². The van der Waals surface area contributed by atoms with Crippen LogP contribution in [0.15, 0.2) is 47.4 Å². The molecule has 0 spiro atoms. The molecule has 0 aliphatic carbocycles. The molecular weight excluding hydrogens is 514 g/mol. The first-order valence-electron chi connectivity index (χ1n) is 12.0. The fraction of sp³-hybridized carbons (Fsp3) is 0.296. The smallest absolute Gasteiger partial charge is 0.264 e. The van der Waals surface area contributed by atoms with Crippen LogP contribution in [0.5, 0.6) is 0 Å². The lowest BCUT2D eigenvalue weighted by Gasteiger charge is -2.41. The molecular formula is C27H24F2N4O2S2. The van der Waals surface area contributed by atoms with Gasteiger partial charge in [-0.15, -0.1) is 0 Å². The van der Waals surface area contributed by atoms with Crippen molar-refractivity contribution in [2.45, 2.75) is 19.4 Å². The summed E-state index contributed by atoms with van der Waals surface area (Å²) in [5.41, 5.74) is 2.74. The summed E-state index contributed by atoms with van der Waals surface area (Å²) in [5.74, 6) is -1.46. The zero-order valence-corrected chi connectivity index (χ0v) is 21.9. The Balaban J connectivity index is 1.33. The van der Waals surface area contributed by atoms with Gasteiger partial charge in [-0.2, -0.15) is 0 Å². The van der Waals surface area contributed by atoms with Crippen LogP contribution in [-0.4, -0.2) is 59.3 Å². The topological polar surface area (TPSA) is 55.9 Å². The molecule has 2 aromatic rings. The van der Waals surface area contributed by atoms with E-state index in [1.165, 1.54) is 18.2 Å². The molecule has 0 bridgehead atoms. The molecule has 2 aromatic carbocycles. The van der Waals surface area contributed by atoms with Gasteiger partial charge in [0.05, 0.1) is 27.4 Å². The van der Waals surface area contributed by atoms with Gasteiger partial charge in [0.25, 0.3) is 11.8 Å². The number of para-hydroxylation sites is 1. The first kappa shape index (κ1) is 24.3. The van der Waals surface area contributed by atoms with Crippen molar-refractivity contribution >= 4 is 62.6 Å². The number of anilines is 2. The lowest BCUT2D eigenvalue weighted by Crippen LogP contribution is -2.49. The van der Waals surface area contributed by atoms with Crippen LogP contribution >= 0.6 is 24.0 Å². The SMILES string of the molecule is CC1(C)C=C(CN2CCN(c3ccccc3F)CC2)c2cc(F)cc3c2N1C(=O)/C3=C1\SC(=S)NC1=O. The van der Waals surface area contributed by atoms with Crippen molar-refractivity contribution in [3.05, 3.63) is 70.1 Å². The summed E-state index contributed by atoms with van der Waals surface area (Å²) in [6, 6.07) is 9.59. The van der Waals surface area contributed by atoms with E-state index in [1.807, 2.05) is 30.9 Å². The molecule has 0 saturated carbocycles. The van der Waals surface area contributed by atoms with Gasteiger partial charge in [-0.25, -0.2) is 8.78 Å². The van der Waals surface area contributed by atoms with Crippen LogP contribution in [0.25, 0.3) is 11.1 Å². The molecule has 4 aliphatic rings. The van der Waals surface area contributed by atoms with E-state index < -0.39 is 17.3 Å². The van der Waals surface area contributed by atoms with E-state index in [1.54, 1.807) is 17.0 Å². The Morgan fingerprint density at radius 2 is 1.76 bits per heavy atom.